The molecule has 0 aliphatic heterocycles. The minimum atomic E-state index is -0.612. The van der Waals surface area contributed by atoms with Crippen LogP contribution in [-0.4, -0.2) is 65.2 Å². The van der Waals surface area contributed by atoms with Crippen molar-refractivity contribution in [1.82, 2.24) is 20.1 Å². The molecule has 1 aliphatic carbocycles. The lowest BCUT2D eigenvalue weighted by molar-refractivity contribution is -0.115. The fourth-order valence-corrected chi connectivity index (χ4v) is 7.31. The van der Waals surface area contributed by atoms with Gasteiger partial charge in [0.2, 0.25) is 5.91 Å². The van der Waals surface area contributed by atoms with Gasteiger partial charge < -0.3 is 29.6 Å². The van der Waals surface area contributed by atoms with E-state index >= 15 is 0 Å². The van der Waals surface area contributed by atoms with Gasteiger partial charge in [-0.05, 0) is 82.0 Å². The normalized spacial score (nSPS) is 12.6. The van der Waals surface area contributed by atoms with Gasteiger partial charge in [0.25, 0.3) is 5.91 Å². The first-order valence-electron chi connectivity index (χ1n) is 15.2. The van der Waals surface area contributed by atoms with E-state index in [0.29, 0.717) is 51.0 Å². The quantitative estimate of drug-likeness (QED) is 0.130. The number of carbonyl (C=O) groups is 3. The zero-order chi connectivity index (χ0) is 33.5. The Morgan fingerprint density at radius 3 is 2.36 bits per heavy atom. The Hall–Kier alpha value is -4.56. The summed E-state index contributed by atoms with van der Waals surface area (Å²) in [5, 5.41) is 15.0. The average molecular weight is 680 g/mol. The van der Waals surface area contributed by atoms with Crippen molar-refractivity contribution in [3.05, 3.63) is 69.9 Å². The number of esters is 1. The number of hydrogen-bond donors (Lipinski definition) is 2. The highest BCUT2D eigenvalue weighted by Crippen LogP contribution is 2.40. The number of fused-ring (bicyclic) bond motifs is 1. The molecule has 1 unspecified atom stereocenters. The van der Waals surface area contributed by atoms with E-state index < -0.39 is 11.2 Å². The Morgan fingerprint density at radius 2 is 1.70 bits per heavy atom. The molecule has 0 bridgehead atoms. The van der Waals surface area contributed by atoms with Crippen LogP contribution >= 0.6 is 23.1 Å². The molecule has 0 radical (unpaired) electrons. The monoisotopic (exact) mass is 679 g/mol. The van der Waals surface area contributed by atoms with Crippen molar-refractivity contribution in [1.29, 1.82) is 0 Å². The summed E-state index contributed by atoms with van der Waals surface area (Å²) < 4.78 is 23.3. The maximum atomic E-state index is 13.5. The lowest BCUT2D eigenvalue weighted by Gasteiger charge is -2.15. The van der Waals surface area contributed by atoms with E-state index in [4.69, 9.17) is 18.9 Å². The highest BCUT2D eigenvalue weighted by atomic mass is 32.2. The molecule has 0 fully saturated rings. The van der Waals surface area contributed by atoms with Crippen molar-refractivity contribution < 1.29 is 33.3 Å². The van der Waals surface area contributed by atoms with Crippen LogP contribution in [0.5, 0.6) is 17.2 Å². The number of benzene rings is 2. The number of amides is 2. The number of rotatable bonds is 14. The highest BCUT2D eigenvalue weighted by molar-refractivity contribution is 8.00. The van der Waals surface area contributed by atoms with Crippen molar-refractivity contribution in [2.75, 3.05) is 32.8 Å². The summed E-state index contributed by atoms with van der Waals surface area (Å²) in [6.45, 7) is 6.26. The molecule has 2 aromatic heterocycles. The minimum Gasteiger partial charge on any atom is -0.497 e. The number of aryl methyl sites for hydroxylation is 1. The molecule has 248 valence electrons. The number of nitrogens with one attached hydrogen (secondary N) is 2. The number of methoxy groups -OCH3 is 2. The maximum Gasteiger partial charge on any atom is 0.341 e. The molecule has 2 heterocycles. The average Bonchev–Trinajstić information content (AvgIpc) is 3.78. The van der Waals surface area contributed by atoms with Gasteiger partial charge in [-0.3, -0.25) is 14.2 Å². The molecule has 0 saturated carbocycles. The SMILES string of the molecule is CCOC(=O)c1c(NC(=O)C(C)Sc2nnc(CNC(=O)c3cc(OC)cc(OC)c3)n2-c2ccc(OCC)cc2)sc2c1CCC2. The van der Waals surface area contributed by atoms with Gasteiger partial charge in [-0.2, -0.15) is 0 Å². The van der Waals surface area contributed by atoms with Crippen LogP contribution in [0.3, 0.4) is 0 Å². The third kappa shape index (κ3) is 7.71. The first-order valence-corrected chi connectivity index (χ1v) is 16.9. The first kappa shape index (κ1) is 33.8. The van der Waals surface area contributed by atoms with Gasteiger partial charge in [0, 0.05) is 22.2 Å². The number of hydrogen-bond acceptors (Lipinski definition) is 11. The molecule has 1 aliphatic rings. The molecule has 1 atom stereocenters. The van der Waals surface area contributed by atoms with Crippen molar-refractivity contribution >= 4 is 45.9 Å². The van der Waals surface area contributed by atoms with Gasteiger partial charge in [-0.15, -0.1) is 21.5 Å². The molecule has 2 amide bonds. The predicted octanol–water partition coefficient (Wildman–Crippen LogP) is 5.46. The number of anilines is 1. The predicted molar refractivity (Wildman–Crippen MR) is 179 cm³/mol. The van der Waals surface area contributed by atoms with Crippen LogP contribution < -0.4 is 24.8 Å². The molecule has 0 spiro atoms. The van der Waals surface area contributed by atoms with E-state index in [2.05, 4.69) is 20.8 Å². The minimum absolute atomic E-state index is 0.0450. The lowest BCUT2D eigenvalue weighted by Crippen LogP contribution is -2.25. The number of carbonyl (C=O) groups excluding carboxylic acids is 3. The standard InChI is InChI=1S/C33H37N5O7S2/c1-6-44-22-13-11-21(12-14-22)38-27(18-34-30(40)20-15-23(42-4)17-24(16-20)43-5)36-37-33(38)46-19(3)29(39)35-31-28(32(41)45-7-2)25-9-8-10-26(25)47-31/h11-17,19H,6-10,18H2,1-5H3,(H,34,40)(H,35,39). The molecule has 2 N–H and O–H groups in total. The highest BCUT2D eigenvalue weighted by Gasteiger charge is 2.30. The van der Waals surface area contributed by atoms with Gasteiger partial charge in [0.05, 0.1) is 44.8 Å². The van der Waals surface area contributed by atoms with E-state index in [0.717, 1.165) is 35.4 Å². The Morgan fingerprint density at radius 1 is 0.979 bits per heavy atom. The van der Waals surface area contributed by atoms with Crippen LogP contribution in [-0.2, 0) is 28.9 Å². The van der Waals surface area contributed by atoms with Gasteiger partial charge >= 0.3 is 5.97 Å². The lowest BCUT2D eigenvalue weighted by atomic mass is 10.1. The van der Waals surface area contributed by atoms with Crippen LogP contribution in [0.4, 0.5) is 5.00 Å². The van der Waals surface area contributed by atoms with Crippen LogP contribution in [0.2, 0.25) is 0 Å². The number of ether oxygens (including phenoxy) is 4. The van der Waals surface area contributed by atoms with Crippen LogP contribution in [0, 0.1) is 0 Å². The Bertz CT molecular complexity index is 1730. The van der Waals surface area contributed by atoms with E-state index in [-0.39, 0.29) is 25.0 Å². The molecular weight excluding hydrogens is 643 g/mol. The van der Waals surface area contributed by atoms with Crippen LogP contribution in [0.25, 0.3) is 5.69 Å². The molecule has 14 heteroatoms. The second kappa shape index (κ2) is 15.4. The van der Waals surface area contributed by atoms with Crippen LogP contribution in [0.1, 0.15) is 64.2 Å². The zero-order valence-electron chi connectivity index (χ0n) is 26.9. The Labute approximate surface area is 281 Å². The summed E-state index contributed by atoms with van der Waals surface area (Å²) in [6, 6.07) is 12.3. The fourth-order valence-electron chi connectivity index (χ4n) is 5.15. The molecule has 2 aromatic carbocycles. The Kier molecular flexibility index (Phi) is 11.0. The summed E-state index contributed by atoms with van der Waals surface area (Å²) in [6.07, 6.45) is 2.64. The molecule has 12 nitrogen and oxygen atoms in total. The van der Waals surface area contributed by atoms with E-state index in [1.807, 2.05) is 31.2 Å². The summed E-state index contributed by atoms with van der Waals surface area (Å²) >= 11 is 2.65. The van der Waals surface area contributed by atoms with Crippen molar-refractivity contribution in [2.45, 2.75) is 57.0 Å². The third-order valence-electron chi connectivity index (χ3n) is 7.42. The zero-order valence-corrected chi connectivity index (χ0v) is 28.5. The van der Waals surface area contributed by atoms with Crippen molar-refractivity contribution in [2.24, 2.45) is 0 Å². The smallest absolute Gasteiger partial charge is 0.341 e. The first-order chi connectivity index (χ1) is 22.8. The summed E-state index contributed by atoms with van der Waals surface area (Å²) in [5.41, 5.74) is 2.51. The number of thioether (sulfide) groups is 1. The van der Waals surface area contributed by atoms with E-state index in [9.17, 15) is 14.4 Å². The summed E-state index contributed by atoms with van der Waals surface area (Å²) in [5.74, 6) is 1.06. The Balaban J connectivity index is 1.38. The summed E-state index contributed by atoms with van der Waals surface area (Å²) in [7, 11) is 3.03. The molecule has 5 rings (SSSR count). The molecular formula is C33H37N5O7S2. The second-order valence-corrected chi connectivity index (χ2v) is 12.9. The van der Waals surface area contributed by atoms with Crippen molar-refractivity contribution in [3.8, 4) is 22.9 Å². The molecule has 47 heavy (non-hydrogen) atoms. The van der Waals surface area contributed by atoms with Crippen molar-refractivity contribution in [3.63, 3.8) is 0 Å². The van der Waals surface area contributed by atoms with E-state index in [1.54, 1.807) is 36.6 Å². The van der Waals surface area contributed by atoms with E-state index in [1.165, 1.54) is 37.3 Å². The second-order valence-electron chi connectivity index (χ2n) is 10.5. The van der Waals surface area contributed by atoms with Gasteiger partial charge in [0.15, 0.2) is 11.0 Å². The van der Waals surface area contributed by atoms with Crippen LogP contribution in [0.15, 0.2) is 47.6 Å². The topological polar surface area (TPSA) is 143 Å². The maximum absolute atomic E-state index is 13.5. The summed E-state index contributed by atoms with van der Waals surface area (Å²) in [4.78, 5) is 40.6. The molecule has 4 aromatic rings. The van der Waals surface area contributed by atoms with Gasteiger partial charge in [0.1, 0.15) is 22.2 Å². The fraction of sp³-hybridized carbons (Fsp3) is 0.364. The number of aromatic nitrogens is 3. The van der Waals surface area contributed by atoms with Gasteiger partial charge in [-0.25, -0.2) is 4.79 Å². The van der Waals surface area contributed by atoms with Gasteiger partial charge in [-0.1, -0.05) is 11.8 Å². The molecule has 0 saturated heterocycles. The number of nitrogens with zero attached hydrogens (tertiary/aromatic N) is 3. The largest absolute Gasteiger partial charge is 0.497 e. The number of thiophene rings is 1. The third-order valence-corrected chi connectivity index (χ3v) is 9.67.